The summed E-state index contributed by atoms with van der Waals surface area (Å²) in [6, 6.07) is 14.2. The largest absolute Gasteiger partial charge is 0.270 e. The van der Waals surface area contributed by atoms with Crippen molar-refractivity contribution in [1.82, 2.24) is 19.6 Å². The summed E-state index contributed by atoms with van der Waals surface area (Å²) < 4.78 is 1.88. The van der Waals surface area contributed by atoms with Gasteiger partial charge in [0.05, 0.1) is 10.4 Å². The van der Waals surface area contributed by atoms with Gasteiger partial charge in [-0.1, -0.05) is 31.2 Å². The van der Waals surface area contributed by atoms with Crippen molar-refractivity contribution in [2.45, 2.75) is 13.3 Å². The molecule has 0 saturated carbocycles. The average Bonchev–Trinajstić information content (AvgIpc) is 3.06. The number of hydrogen-bond donors (Lipinski definition) is 0. The fourth-order valence-corrected chi connectivity index (χ4v) is 2.84. The summed E-state index contributed by atoms with van der Waals surface area (Å²) in [5, 5.41) is 20.5. The number of aryl methyl sites for hydroxylation is 1. The first-order chi connectivity index (χ1) is 11.7. The molecule has 2 heterocycles. The van der Waals surface area contributed by atoms with Crippen LogP contribution in [0, 0.1) is 10.1 Å². The lowest BCUT2D eigenvalue weighted by atomic mass is 10.2. The molecule has 0 fully saturated rings. The first-order valence-corrected chi connectivity index (χ1v) is 7.56. The van der Waals surface area contributed by atoms with Gasteiger partial charge in [-0.05, 0) is 12.1 Å². The van der Waals surface area contributed by atoms with Gasteiger partial charge in [-0.15, -0.1) is 10.2 Å². The van der Waals surface area contributed by atoms with E-state index in [2.05, 4.69) is 15.2 Å². The summed E-state index contributed by atoms with van der Waals surface area (Å²) >= 11 is 0. The first-order valence-electron chi connectivity index (χ1n) is 7.56. The van der Waals surface area contributed by atoms with E-state index in [1.54, 1.807) is 12.1 Å². The lowest BCUT2D eigenvalue weighted by Crippen LogP contribution is -2.02. The number of nitro benzene ring substituents is 1. The molecular weight excluding hydrogens is 306 g/mol. The highest BCUT2D eigenvalue weighted by molar-refractivity contribution is 5.92. The molecule has 0 radical (unpaired) electrons. The van der Waals surface area contributed by atoms with Crippen molar-refractivity contribution < 1.29 is 4.92 Å². The number of aromatic nitrogens is 4. The molecule has 0 atom stereocenters. The van der Waals surface area contributed by atoms with E-state index >= 15 is 0 Å². The molecule has 0 spiro atoms. The van der Waals surface area contributed by atoms with Gasteiger partial charge in [0.15, 0.2) is 11.5 Å². The van der Waals surface area contributed by atoms with Crippen LogP contribution in [-0.4, -0.2) is 24.5 Å². The molecule has 118 valence electrons. The minimum atomic E-state index is -0.416. The van der Waals surface area contributed by atoms with Gasteiger partial charge in [0.1, 0.15) is 5.82 Å². The molecule has 2 aromatic carbocycles. The number of rotatable bonds is 3. The number of nitrogens with zero attached hydrogens (tertiary/aromatic N) is 5. The van der Waals surface area contributed by atoms with Crippen LogP contribution in [0.2, 0.25) is 0 Å². The van der Waals surface area contributed by atoms with Gasteiger partial charge < -0.3 is 0 Å². The van der Waals surface area contributed by atoms with Crippen molar-refractivity contribution >= 4 is 22.2 Å². The second kappa shape index (κ2) is 5.38. The normalized spacial score (nSPS) is 11.2. The molecule has 0 bridgehead atoms. The third kappa shape index (κ3) is 2.10. The monoisotopic (exact) mass is 319 g/mol. The predicted molar refractivity (Wildman–Crippen MR) is 89.8 cm³/mol. The molecule has 2 aromatic heterocycles. The standard InChI is InChI=1S/C17H13N5O2/c1-2-15-18-14-9-4-3-8-13(14)17-20-19-16(21(15)17)11-6-5-7-12(10-11)22(23)24/h3-10H,2H2,1H3. The number of hydrogen-bond acceptors (Lipinski definition) is 5. The topological polar surface area (TPSA) is 86.2 Å². The highest BCUT2D eigenvalue weighted by atomic mass is 16.6. The van der Waals surface area contributed by atoms with E-state index in [1.807, 2.05) is 35.6 Å². The van der Waals surface area contributed by atoms with Gasteiger partial charge >= 0.3 is 0 Å². The molecule has 0 aliphatic rings. The maximum absolute atomic E-state index is 11.0. The Morgan fingerprint density at radius 3 is 2.75 bits per heavy atom. The maximum atomic E-state index is 11.0. The molecule has 0 N–H and O–H groups in total. The zero-order valence-electron chi connectivity index (χ0n) is 12.9. The van der Waals surface area contributed by atoms with Crippen LogP contribution in [0.15, 0.2) is 48.5 Å². The van der Waals surface area contributed by atoms with E-state index in [1.165, 1.54) is 12.1 Å². The van der Waals surface area contributed by atoms with E-state index in [0.717, 1.165) is 16.7 Å². The average molecular weight is 319 g/mol. The summed E-state index contributed by atoms with van der Waals surface area (Å²) in [6.45, 7) is 2.01. The van der Waals surface area contributed by atoms with Crippen LogP contribution in [-0.2, 0) is 6.42 Å². The fourth-order valence-electron chi connectivity index (χ4n) is 2.84. The van der Waals surface area contributed by atoms with Gasteiger partial charge in [-0.3, -0.25) is 14.5 Å². The molecule has 24 heavy (non-hydrogen) atoms. The van der Waals surface area contributed by atoms with Crippen LogP contribution in [0.3, 0.4) is 0 Å². The molecule has 0 unspecified atom stereocenters. The van der Waals surface area contributed by atoms with Gasteiger partial charge in [0.25, 0.3) is 5.69 Å². The molecule has 0 saturated heterocycles. The summed E-state index contributed by atoms with van der Waals surface area (Å²) in [5.41, 5.74) is 2.23. The predicted octanol–water partition coefficient (Wildman–Crippen LogP) is 3.42. The van der Waals surface area contributed by atoms with Crippen LogP contribution < -0.4 is 0 Å². The van der Waals surface area contributed by atoms with E-state index in [-0.39, 0.29) is 5.69 Å². The van der Waals surface area contributed by atoms with Gasteiger partial charge in [-0.25, -0.2) is 4.98 Å². The second-order valence-corrected chi connectivity index (χ2v) is 5.39. The van der Waals surface area contributed by atoms with Crippen molar-refractivity contribution in [2.75, 3.05) is 0 Å². The minimum absolute atomic E-state index is 0.0241. The smallest absolute Gasteiger partial charge is 0.262 e. The van der Waals surface area contributed by atoms with Crippen LogP contribution in [0.5, 0.6) is 0 Å². The van der Waals surface area contributed by atoms with E-state index in [9.17, 15) is 10.1 Å². The Hall–Kier alpha value is -3.35. The lowest BCUT2D eigenvalue weighted by Gasteiger charge is -2.07. The van der Waals surface area contributed by atoms with Crippen molar-refractivity contribution in [1.29, 1.82) is 0 Å². The van der Waals surface area contributed by atoms with Gasteiger partial charge in [-0.2, -0.15) is 0 Å². The van der Waals surface area contributed by atoms with Crippen molar-refractivity contribution in [3.05, 3.63) is 64.5 Å². The highest BCUT2D eigenvalue weighted by Crippen LogP contribution is 2.26. The van der Waals surface area contributed by atoms with Crippen molar-refractivity contribution in [3.63, 3.8) is 0 Å². The van der Waals surface area contributed by atoms with E-state index < -0.39 is 4.92 Å². The minimum Gasteiger partial charge on any atom is -0.262 e. The van der Waals surface area contributed by atoms with Crippen LogP contribution in [0.1, 0.15) is 12.7 Å². The Labute approximate surface area is 136 Å². The van der Waals surface area contributed by atoms with E-state index in [4.69, 9.17) is 0 Å². The Bertz CT molecular complexity index is 1090. The van der Waals surface area contributed by atoms with E-state index in [0.29, 0.717) is 23.5 Å². The Morgan fingerprint density at radius 2 is 1.96 bits per heavy atom. The number of non-ortho nitro benzene ring substituents is 1. The first kappa shape index (κ1) is 14.3. The molecule has 0 amide bonds. The zero-order chi connectivity index (χ0) is 16.7. The molecule has 4 aromatic rings. The van der Waals surface area contributed by atoms with Gasteiger partial charge in [0, 0.05) is 29.5 Å². The highest BCUT2D eigenvalue weighted by Gasteiger charge is 2.17. The summed E-state index contributed by atoms with van der Waals surface area (Å²) in [4.78, 5) is 15.3. The number of benzene rings is 2. The SMILES string of the molecule is CCc1nc2ccccc2c2nnc(-c3cccc([N+](=O)[O-])c3)n12. The molecule has 0 aliphatic carbocycles. The Balaban J connectivity index is 2.05. The molecule has 4 rings (SSSR count). The van der Waals surface area contributed by atoms with Crippen LogP contribution in [0.25, 0.3) is 27.9 Å². The Kier molecular flexibility index (Phi) is 3.19. The van der Waals surface area contributed by atoms with Crippen molar-refractivity contribution in [3.8, 4) is 11.4 Å². The second-order valence-electron chi connectivity index (χ2n) is 5.39. The summed E-state index contributed by atoms with van der Waals surface area (Å²) in [5.74, 6) is 1.37. The number of nitro groups is 1. The van der Waals surface area contributed by atoms with Crippen molar-refractivity contribution in [2.24, 2.45) is 0 Å². The fraction of sp³-hybridized carbons (Fsp3) is 0.118. The van der Waals surface area contributed by atoms with Gasteiger partial charge in [0.2, 0.25) is 0 Å². The summed E-state index contributed by atoms with van der Waals surface area (Å²) in [7, 11) is 0. The third-order valence-electron chi connectivity index (χ3n) is 3.95. The molecule has 0 aliphatic heterocycles. The maximum Gasteiger partial charge on any atom is 0.270 e. The summed E-state index contributed by atoms with van der Waals surface area (Å²) in [6.07, 6.45) is 0.696. The van der Waals surface area contributed by atoms with Crippen LogP contribution >= 0.6 is 0 Å². The molecule has 7 nitrogen and oxygen atoms in total. The number of fused-ring (bicyclic) bond motifs is 3. The quantitative estimate of drug-likeness (QED) is 0.426. The Morgan fingerprint density at radius 1 is 1.12 bits per heavy atom. The number of para-hydroxylation sites is 1. The molecule has 7 heteroatoms. The third-order valence-corrected chi connectivity index (χ3v) is 3.95. The van der Waals surface area contributed by atoms with Crippen LogP contribution in [0.4, 0.5) is 5.69 Å². The lowest BCUT2D eigenvalue weighted by molar-refractivity contribution is -0.384. The zero-order valence-corrected chi connectivity index (χ0v) is 12.9. The molecular formula is C17H13N5O2.